The molecule has 0 bridgehead atoms. The Balaban J connectivity index is 2.27. The maximum atomic E-state index is 10.7. The molecule has 102 valence electrons. The first-order valence-electron chi connectivity index (χ1n) is 6.40. The predicted molar refractivity (Wildman–Crippen MR) is 80.6 cm³/mol. The van der Waals surface area contributed by atoms with Crippen LogP contribution in [0.2, 0.25) is 5.02 Å². The van der Waals surface area contributed by atoms with Crippen molar-refractivity contribution in [1.82, 2.24) is 0 Å². The molecule has 0 amide bonds. The second kappa shape index (κ2) is 5.66. The Morgan fingerprint density at radius 3 is 2.40 bits per heavy atom. The Kier molecular flexibility index (Phi) is 4.13. The van der Waals surface area contributed by atoms with Crippen LogP contribution >= 0.6 is 11.6 Å². The van der Waals surface area contributed by atoms with Gasteiger partial charge in [-0.15, -0.1) is 0 Å². The molecule has 3 heteroatoms. The van der Waals surface area contributed by atoms with Crippen molar-refractivity contribution < 1.29 is 5.11 Å². The number of nitrogens with zero attached hydrogens (tertiary/aromatic N) is 1. The third-order valence-corrected chi connectivity index (χ3v) is 3.73. The highest BCUT2D eigenvalue weighted by Crippen LogP contribution is 2.29. The molecular weight excluding hydrogens is 270 g/mol. The van der Waals surface area contributed by atoms with Gasteiger partial charge in [-0.05, 0) is 48.7 Å². The Morgan fingerprint density at radius 2 is 1.85 bits per heavy atom. The lowest BCUT2D eigenvalue weighted by Gasteiger charge is -2.24. The van der Waals surface area contributed by atoms with Crippen LogP contribution in [-0.2, 0) is 12.0 Å². The molecule has 0 aliphatic heterocycles. The van der Waals surface area contributed by atoms with E-state index >= 15 is 0 Å². The van der Waals surface area contributed by atoms with Gasteiger partial charge in [0, 0.05) is 11.4 Å². The van der Waals surface area contributed by atoms with Gasteiger partial charge in [-0.3, -0.25) is 0 Å². The quantitative estimate of drug-likeness (QED) is 0.927. The van der Waals surface area contributed by atoms with Gasteiger partial charge in [0.15, 0.2) is 0 Å². The van der Waals surface area contributed by atoms with Gasteiger partial charge in [0.05, 0.1) is 17.2 Å². The number of aliphatic hydroxyl groups is 1. The Hall–Kier alpha value is -1.82. The topological polar surface area (TPSA) is 44.0 Å². The number of hydrogen-bond acceptors (Lipinski definition) is 2. The third-order valence-electron chi connectivity index (χ3n) is 3.38. The summed E-state index contributed by atoms with van der Waals surface area (Å²) in [5, 5.41) is 20.1. The van der Waals surface area contributed by atoms with Gasteiger partial charge in [-0.25, -0.2) is 0 Å². The zero-order chi connectivity index (χ0) is 14.8. The molecule has 0 fully saturated rings. The number of nitriles is 1. The monoisotopic (exact) mass is 285 g/mol. The van der Waals surface area contributed by atoms with Crippen molar-refractivity contribution in [2.45, 2.75) is 25.9 Å². The smallest absolute Gasteiger partial charge is 0.0991 e. The highest BCUT2D eigenvalue weighted by Gasteiger charge is 2.24. The minimum Gasteiger partial charge on any atom is -0.385 e. The molecule has 2 nitrogen and oxygen atoms in total. The van der Waals surface area contributed by atoms with E-state index in [0.29, 0.717) is 17.0 Å². The number of halogens is 1. The minimum absolute atomic E-state index is 0.429. The summed E-state index contributed by atoms with van der Waals surface area (Å²) in [4.78, 5) is 0. The lowest BCUT2D eigenvalue weighted by Crippen LogP contribution is -2.24. The molecule has 0 saturated heterocycles. The molecule has 2 aromatic rings. The SMILES string of the molecule is Cc1ccc(CC(C)(O)c2ccc(C#N)cc2)c(Cl)c1. The number of benzene rings is 2. The standard InChI is InChI=1S/C17H16ClNO/c1-12-3-6-14(16(18)9-12)10-17(2,20)15-7-4-13(11-19)5-8-15/h3-9,20H,10H2,1-2H3. The van der Waals surface area contributed by atoms with Crippen LogP contribution in [0.1, 0.15) is 29.2 Å². The van der Waals surface area contributed by atoms with E-state index in [4.69, 9.17) is 16.9 Å². The van der Waals surface area contributed by atoms with E-state index in [1.165, 1.54) is 0 Å². The summed E-state index contributed by atoms with van der Waals surface area (Å²) in [5.41, 5.74) is 2.34. The average Bonchev–Trinajstić information content (AvgIpc) is 2.42. The molecule has 0 spiro atoms. The van der Waals surface area contributed by atoms with E-state index in [1.807, 2.05) is 25.1 Å². The van der Waals surface area contributed by atoms with E-state index in [1.54, 1.807) is 31.2 Å². The van der Waals surface area contributed by atoms with Crippen LogP contribution < -0.4 is 0 Å². The van der Waals surface area contributed by atoms with Crippen molar-refractivity contribution in [3.63, 3.8) is 0 Å². The molecule has 0 aromatic heterocycles. The zero-order valence-electron chi connectivity index (χ0n) is 11.5. The second-order valence-corrected chi connectivity index (χ2v) is 5.64. The molecule has 0 aliphatic carbocycles. The van der Waals surface area contributed by atoms with Gasteiger partial charge >= 0.3 is 0 Å². The fourth-order valence-corrected chi connectivity index (χ4v) is 2.47. The largest absolute Gasteiger partial charge is 0.385 e. The van der Waals surface area contributed by atoms with Crippen LogP contribution in [0.5, 0.6) is 0 Å². The molecule has 0 saturated carbocycles. The van der Waals surface area contributed by atoms with Gasteiger partial charge in [0.1, 0.15) is 0 Å². The fourth-order valence-electron chi connectivity index (χ4n) is 2.17. The van der Waals surface area contributed by atoms with Crippen LogP contribution in [0.4, 0.5) is 0 Å². The third kappa shape index (κ3) is 3.19. The zero-order valence-corrected chi connectivity index (χ0v) is 12.3. The summed E-state index contributed by atoms with van der Waals surface area (Å²) in [6, 6.07) is 14.9. The second-order valence-electron chi connectivity index (χ2n) is 5.23. The summed E-state index contributed by atoms with van der Waals surface area (Å²) in [6.07, 6.45) is 0.429. The van der Waals surface area contributed by atoms with Crippen molar-refractivity contribution in [1.29, 1.82) is 5.26 Å². The van der Waals surface area contributed by atoms with Gasteiger partial charge in [0.25, 0.3) is 0 Å². The van der Waals surface area contributed by atoms with Crippen LogP contribution in [0.25, 0.3) is 0 Å². The fraction of sp³-hybridized carbons (Fsp3) is 0.235. The normalized spacial score (nSPS) is 13.6. The minimum atomic E-state index is -1.02. The lowest BCUT2D eigenvalue weighted by atomic mass is 9.88. The number of aryl methyl sites for hydroxylation is 1. The van der Waals surface area contributed by atoms with Crippen molar-refractivity contribution in [2.75, 3.05) is 0 Å². The molecule has 20 heavy (non-hydrogen) atoms. The van der Waals surface area contributed by atoms with Crippen molar-refractivity contribution in [2.24, 2.45) is 0 Å². The maximum Gasteiger partial charge on any atom is 0.0991 e. The summed E-state index contributed by atoms with van der Waals surface area (Å²) < 4.78 is 0. The molecule has 0 aliphatic rings. The summed E-state index contributed by atoms with van der Waals surface area (Å²) in [5.74, 6) is 0. The molecule has 1 unspecified atom stereocenters. The van der Waals surface area contributed by atoms with E-state index in [-0.39, 0.29) is 0 Å². The Labute approximate surface area is 124 Å². The van der Waals surface area contributed by atoms with Crippen LogP contribution in [0, 0.1) is 18.3 Å². The first-order chi connectivity index (χ1) is 9.42. The van der Waals surface area contributed by atoms with Crippen LogP contribution in [-0.4, -0.2) is 5.11 Å². The van der Waals surface area contributed by atoms with E-state index < -0.39 is 5.60 Å². The summed E-state index contributed by atoms with van der Waals surface area (Å²) >= 11 is 6.22. The van der Waals surface area contributed by atoms with Gasteiger partial charge in [-0.1, -0.05) is 35.9 Å². The number of rotatable bonds is 3. The molecule has 1 N–H and O–H groups in total. The van der Waals surface area contributed by atoms with Crippen LogP contribution in [0.3, 0.4) is 0 Å². The molecule has 0 heterocycles. The van der Waals surface area contributed by atoms with E-state index in [2.05, 4.69) is 6.07 Å². The van der Waals surface area contributed by atoms with Crippen molar-refractivity contribution in [3.8, 4) is 6.07 Å². The van der Waals surface area contributed by atoms with Gasteiger partial charge in [-0.2, -0.15) is 5.26 Å². The first-order valence-corrected chi connectivity index (χ1v) is 6.78. The summed E-state index contributed by atoms with van der Waals surface area (Å²) in [7, 11) is 0. The van der Waals surface area contributed by atoms with Gasteiger partial charge < -0.3 is 5.11 Å². The molecular formula is C17H16ClNO. The average molecular weight is 286 g/mol. The molecule has 0 radical (unpaired) electrons. The van der Waals surface area contributed by atoms with Gasteiger partial charge in [0.2, 0.25) is 0 Å². The van der Waals surface area contributed by atoms with Crippen molar-refractivity contribution >= 4 is 11.6 Å². The highest BCUT2D eigenvalue weighted by molar-refractivity contribution is 6.31. The van der Waals surface area contributed by atoms with Crippen LogP contribution in [0.15, 0.2) is 42.5 Å². The first kappa shape index (κ1) is 14.6. The Bertz CT molecular complexity index is 654. The molecule has 1 atom stereocenters. The lowest BCUT2D eigenvalue weighted by molar-refractivity contribution is 0.0576. The van der Waals surface area contributed by atoms with E-state index in [9.17, 15) is 5.11 Å². The summed E-state index contributed by atoms with van der Waals surface area (Å²) in [6.45, 7) is 3.74. The molecule has 2 aromatic carbocycles. The molecule has 2 rings (SSSR count). The highest BCUT2D eigenvalue weighted by atomic mass is 35.5. The Morgan fingerprint density at radius 1 is 1.20 bits per heavy atom. The van der Waals surface area contributed by atoms with E-state index in [0.717, 1.165) is 16.7 Å². The number of hydrogen-bond donors (Lipinski definition) is 1. The predicted octanol–water partition coefficient (Wildman–Crippen LogP) is 3.97. The van der Waals surface area contributed by atoms with Crippen molar-refractivity contribution in [3.05, 3.63) is 69.7 Å². The maximum absolute atomic E-state index is 10.7.